The SMILES string of the molecule is COc1c2cccc3c2cc2c(cccc12)[Si](C)(C)[Si](C)(C)O[Si](C)(C)[Si]3(C)C. The molecule has 0 atom stereocenters. The molecule has 2 nitrogen and oxygen atoms in total. The zero-order chi connectivity index (χ0) is 21.4. The van der Waals surface area contributed by atoms with Crippen LogP contribution in [0.1, 0.15) is 0 Å². The first-order chi connectivity index (χ1) is 13.3. The van der Waals surface area contributed by atoms with Gasteiger partial charge in [0.2, 0.25) is 0 Å². The van der Waals surface area contributed by atoms with Crippen LogP contribution < -0.4 is 15.1 Å². The maximum absolute atomic E-state index is 7.41. The van der Waals surface area contributed by atoms with Crippen LogP contribution in [0.15, 0.2) is 42.5 Å². The van der Waals surface area contributed by atoms with E-state index in [9.17, 15) is 0 Å². The van der Waals surface area contributed by atoms with Crippen LogP contribution in [0, 0.1) is 0 Å². The van der Waals surface area contributed by atoms with E-state index in [0.717, 1.165) is 5.75 Å². The first-order valence-electron chi connectivity index (χ1n) is 10.6. The molecule has 0 saturated heterocycles. The lowest BCUT2D eigenvalue weighted by Crippen LogP contribution is -2.74. The summed E-state index contributed by atoms with van der Waals surface area (Å²) in [5.74, 6) is 1.04. The number of benzene rings is 3. The molecule has 29 heavy (non-hydrogen) atoms. The Morgan fingerprint density at radius 1 is 0.621 bits per heavy atom. The van der Waals surface area contributed by atoms with E-state index in [4.69, 9.17) is 8.85 Å². The number of hydrogen-bond acceptors (Lipinski definition) is 2. The second-order valence-corrected chi connectivity index (χ2v) is 39.7. The predicted octanol–water partition coefficient (Wildman–Crippen LogP) is 5.43. The van der Waals surface area contributed by atoms with Crippen molar-refractivity contribution in [3.8, 4) is 5.75 Å². The maximum atomic E-state index is 7.41. The highest BCUT2D eigenvalue weighted by Gasteiger charge is 2.54. The molecule has 0 fully saturated rings. The Morgan fingerprint density at radius 3 is 1.41 bits per heavy atom. The van der Waals surface area contributed by atoms with Gasteiger partial charge < -0.3 is 8.85 Å². The number of rotatable bonds is 1. The Balaban J connectivity index is 2.30. The Hall–Kier alpha value is -1.19. The summed E-state index contributed by atoms with van der Waals surface area (Å²) in [6.45, 7) is 20.1. The van der Waals surface area contributed by atoms with Crippen molar-refractivity contribution in [2.45, 2.75) is 52.4 Å². The van der Waals surface area contributed by atoms with Crippen molar-refractivity contribution >= 4 is 62.8 Å². The van der Waals surface area contributed by atoms with Crippen LogP contribution >= 0.6 is 0 Å². The first kappa shape index (κ1) is 21.1. The van der Waals surface area contributed by atoms with Crippen LogP contribution in [0.3, 0.4) is 0 Å². The molecule has 0 radical (unpaired) electrons. The fraction of sp³-hybridized carbons (Fsp3) is 0.391. The zero-order valence-electron chi connectivity index (χ0n) is 19.4. The van der Waals surface area contributed by atoms with E-state index in [-0.39, 0.29) is 0 Å². The number of hydrogen-bond donors (Lipinski definition) is 0. The average Bonchev–Trinajstić information content (AvgIpc) is 2.63. The van der Waals surface area contributed by atoms with E-state index in [1.54, 1.807) is 0 Å². The molecule has 0 unspecified atom stereocenters. The van der Waals surface area contributed by atoms with Crippen molar-refractivity contribution in [1.82, 2.24) is 0 Å². The van der Waals surface area contributed by atoms with Crippen molar-refractivity contribution in [3.63, 3.8) is 0 Å². The molecule has 3 aromatic rings. The lowest BCUT2D eigenvalue weighted by molar-refractivity contribution is 0.424. The van der Waals surface area contributed by atoms with E-state index in [1.165, 1.54) is 31.9 Å². The van der Waals surface area contributed by atoms with Gasteiger partial charge in [-0.3, -0.25) is 0 Å². The Kier molecular flexibility index (Phi) is 4.65. The van der Waals surface area contributed by atoms with Gasteiger partial charge in [-0.25, -0.2) is 0 Å². The van der Waals surface area contributed by atoms with E-state index in [1.807, 2.05) is 7.11 Å². The normalized spacial score (nSPS) is 21.6. The first-order valence-corrected chi connectivity index (χ1v) is 24.4. The van der Waals surface area contributed by atoms with E-state index >= 15 is 0 Å². The smallest absolute Gasteiger partial charge is 0.165 e. The summed E-state index contributed by atoms with van der Waals surface area (Å²) in [6.07, 6.45) is 0. The van der Waals surface area contributed by atoms with E-state index in [0.29, 0.717) is 0 Å². The quantitative estimate of drug-likeness (QED) is 0.360. The Bertz CT molecular complexity index is 1050. The number of methoxy groups -OCH3 is 1. The summed E-state index contributed by atoms with van der Waals surface area (Å²) < 4.78 is 13.5. The molecule has 0 aromatic heterocycles. The molecule has 0 saturated carbocycles. The van der Waals surface area contributed by atoms with Crippen molar-refractivity contribution in [2.75, 3.05) is 7.11 Å². The molecular formula is C23H34O2Si4. The van der Waals surface area contributed by atoms with Gasteiger partial charge in [-0.05, 0) is 43.0 Å². The van der Waals surface area contributed by atoms with Gasteiger partial charge in [0.1, 0.15) is 20.9 Å². The van der Waals surface area contributed by atoms with Crippen molar-refractivity contribution in [3.05, 3.63) is 42.5 Å². The van der Waals surface area contributed by atoms with Gasteiger partial charge in [0, 0.05) is 10.8 Å². The third-order valence-corrected chi connectivity index (χ3v) is 43.2. The second-order valence-electron chi connectivity index (χ2n) is 10.6. The molecule has 6 heteroatoms. The van der Waals surface area contributed by atoms with Gasteiger partial charge in [0.25, 0.3) is 0 Å². The van der Waals surface area contributed by atoms with Crippen LogP contribution in [0.5, 0.6) is 5.75 Å². The molecule has 0 spiro atoms. The highest BCUT2D eigenvalue weighted by molar-refractivity contribution is 7.50. The van der Waals surface area contributed by atoms with Gasteiger partial charge in [-0.15, -0.1) is 0 Å². The minimum Gasteiger partial charge on any atom is -0.495 e. The summed E-state index contributed by atoms with van der Waals surface area (Å²) in [4.78, 5) is 0. The zero-order valence-corrected chi connectivity index (χ0v) is 23.4. The summed E-state index contributed by atoms with van der Waals surface area (Å²) in [6, 6.07) is 16.2. The van der Waals surface area contributed by atoms with E-state index < -0.39 is 30.9 Å². The molecule has 1 heterocycles. The van der Waals surface area contributed by atoms with Crippen molar-refractivity contribution in [2.24, 2.45) is 0 Å². The van der Waals surface area contributed by atoms with Crippen molar-refractivity contribution in [1.29, 1.82) is 0 Å². The molecule has 1 aliphatic rings. The lowest BCUT2D eigenvalue weighted by Gasteiger charge is -2.49. The third-order valence-electron chi connectivity index (χ3n) is 8.06. The Labute approximate surface area is 179 Å². The maximum Gasteiger partial charge on any atom is 0.165 e. The van der Waals surface area contributed by atoms with Gasteiger partial charge in [-0.2, -0.15) is 0 Å². The summed E-state index contributed by atoms with van der Waals surface area (Å²) in [5, 5.41) is 8.33. The average molecular weight is 455 g/mol. The van der Waals surface area contributed by atoms with Crippen LogP contribution in [0.25, 0.3) is 21.5 Å². The molecular weight excluding hydrogens is 421 g/mol. The van der Waals surface area contributed by atoms with Gasteiger partial charge >= 0.3 is 0 Å². The van der Waals surface area contributed by atoms with Gasteiger partial charge in [0.15, 0.2) is 15.7 Å². The van der Waals surface area contributed by atoms with Crippen molar-refractivity contribution < 1.29 is 8.85 Å². The lowest BCUT2D eigenvalue weighted by atomic mass is 10.0. The summed E-state index contributed by atoms with van der Waals surface area (Å²) in [7, 11) is -5.66. The van der Waals surface area contributed by atoms with Gasteiger partial charge in [-0.1, -0.05) is 73.0 Å². The summed E-state index contributed by atoms with van der Waals surface area (Å²) >= 11 is 0. The minimum absolute atomic E-state index is 1.04. The monoisotopic (exact) mass is 454 g/mol. The fourth-order valence-corrected chi connectivity index (χ4v) is 31.5. The van der Waals surface area contributed by atoms with Crippen LogP contribution in [0.2, 0.25) is 52.4 Å². The highest BCUT2D eigenvalue weighted by Crippen LogP contribution is 2.39. The molecule has 0 amide bonds. The molecule has 2 bridgehead atoms. The minimum atomic E-state index is -1.92. The fourth-order valence-electron chi connectivity index (χ4n) is 4.98. The topological polar surface area (TPSA) is 18.5 Å². The molecule has 0 aliphatic carbocycles. The molecule has 4 rings (SSSR count). The van der Waals surface area contributed by atoms with Crippen LogP contribution in [0.4, 0.5) is 0 Å². The summed E-state index contributed by atoms with van der Waals surface area (Å²) in [5.41, 5.74) is 0. The van der Waals surface area contributed by atoms with Crippen LogP contribution in [-0.4, -0.2) is 38.0 Å². The highest BCUT2D eigenvalue weighted by atomic mass is 29.3. The second kappa shape index (κ2) is 6.40. The van der Waals surface area contributed by atoms with Gasteiger partial charge in [0.05, 0.1) is 7.11 Å². The molecule has 154 valence electrons. The largest absolute Gasteiger partial charge is 0.495 e. The molecule has 1 aliphatic heterocycles. The molecule has 0 N–H and O–H groups in total. The van der Waals surface area contributed by atoms with E-state index in [2.05, 4.69) is 94.8 Å². The van der Waals surface area contributed by atoms with Crippen LogP contribution in [-0.2, 0) is 4.12 Å². The predicted molar refractivity (Wildman–Crippen MR) is 138 cm³/mol. The standard InChI is InChI=1S/C23H34O2Si4/c1-24-23-17-12-10-14-21-19(17)16-20-18(23)13-11-15-22(20)27(4,5)29(8,9)25-28(6,7)26(21,2)3/h10-16H,1-9H3. The third kappa shape index (κ3) is 2.80. The molecule has 3 aromatic carbocycles. The Morgan fingerprint density at radius 2 is 1.03 bits per heavy atom. The number of ether oxygens (including phenoxy) is 1.